The van der Waals surface area contributed by atoms with Crippen LogP contribution in [0.3, 0.4) is 0 Å². The fourth-order valence-electron chi connectivity index (χ4n) is 7.32. The Morgan fingerprint density at radius 3 is 1.14 bits per heavy atom. The highest BCUT2D eigenvalue weighted by molar-refractivity contribution is 7.40. The van der Waals surface area contributed by atoms with E-state index in [-0.39, 0.29) is 160 Å². The van der Waals surface area contributed by atoms with Crippen molar-refractivity contribution < 1.29 is 21.9 Å². The lowest BCUT2D eigenvalue weighted by atomic mass is 9.39. The van der Waals surface area contributed by atoms with Crippen LogP contribution >= 0.6 is 22.7 Å². The third kappa shape index (κ3) is 5.87. The van der Waals surface area contributed by atoms with Crippen molar-refractivity contribution in [1.29, 1.82) is 0 Å². The maximum absolute atomic E-state index is 10.1. The summed E-state index contributed by atoms with van der Waals surface area (Å²) in [5.41, 5.74) is -2.62. The van der Waals surface area contributed by atoms with Crippen LogP contribution in [0, 0.1) is 6.92 Å². The Balaban J connectivity index is 1.62. The zero-order valence-electron chi connectivity index (χ0n) is 50.3. The van der Waals surface area contributed by atoms with E-state index in [1.165, 1.54) is 16.7 Å². The Morgan fingerprint density at radius 2 is 0.804 bits per heavy atom. The molecule has 284 valence electrons. The second-order valence-corrected chi connectivity index (χ2v) is 21.2. The topological polar surface area (TPSA) is 6.48 Å². The highest BCUT2D eigenvalue weighted by Crippen LogP contribution is 2.51. The van der Waals surface area contributed by atoms with E-state index in [0.29, 0.717) is 9.55 Å². The molecule has 5 aromatic carbocycles. The van der Waals surface area contributed by atoms with Crippen LogP contribution in [-0.4, -0.2) is 6.71 Å². The second-order valence-electron chi connectivity index (χ2n) is 19.1. The Labute approximate surface area is 365 Å². The van der Waals surface area contributed by atoms with Crippen molar-refractivity contribution in [3.05, 3.63) is 124 Å². The van der Waals surface area contributed by atoms with Crippen molar-refractivity contribution in [2.24, 2.45) is 0 Å². The van der Waals surface area contributed by atoms with Gasteiger partial charge in [-0.05, 0) is 122 Å². The molecule has 0 spiro atoms. The minimum Gasteiger partial charge on any atom is -0.310 e. The van der Waals surface area contributed by atoms with E-state index in [2.05, 4.69) is 0 Å². The van der Waals surface area contributed by atoms with Crippen LogP contribution in [0.1, 0.15) is 133 Å². The summed E-state index contributed by atoms with van der Waals surface area (Å²) in [7, 11) is 0. The molecule has 0 unspecified atom stereocenters. The van der Waals surface area contributed by atoms with Crippen molar-refractivity contribution in [3.63, 3.8) is 0 Å². The number of rotatable bonds is 2. The van der Waals surface area contributed by atoms with Crippen molar-refractivity contribution in [3.8, 4) is 0 Å². The largest absolute Gasteiger partial charge is 0.310 e. The van der Waals surface area contributed by atoms with E-state index in [1.54, 1.807) is 41.5 Å². The molecular formula is C51H55BN2S2. The molecule has 2 aromatic heterocycles. The van der Waals surface area contributed by atoms with Gasteiger partial charge in [-0.3, -0.25) is 0 Å². The Hall–Kier alpha value is -4.32. The third-order valence-corrected chi connectivity index (χ3v) is 12.7. The Kier molecular flexibility index (Phi) is 5.11. The van der Waals surface area contributed by atoms with Gasteiger partial charge in [0.25, 0.3) is 6.71 Å². The molecule has 2 aliphatic rings. The molecule has 0 fully saturated rings. The lowest BCUT2D eigenvalue weighted by molar-refractivity contribution is 0.590. The van der Waals surface area contributed by atoms with Crippen molar-refractivity contribution in [1.82, 2.24) is 0 Å². The molecule has 9 rings (SSSR count). The summed E-state index contributed by atoms with van der Waals surface area (Å²) in [6, 6.07) is -4.68. The molecule has 2 nitrogen and oxygen atoms in total. The summed E-state index contributed by atoms with van der Waals surface area (Å²) >= 11 is 2.15. The lowest BCUT2D eigenvalue weighted by Gasteiger charge is -2.42. The van der Waals surface area contributed by atoms with Gasteiger partial charge in [-0.25, -0.2) is 0 Å². The molecule has 0 radical (unpaired) electrons. The zero-order valence-corrected chi connectivity index (χ0v) is 35.9. The summed E-state index contributed by atoms with van der Waals surface area (Å²) in [5.74, 6) is 0. The number of thiophene rings is 2. The highest BCUT2D eigenvalue weighted by atomic mass is 32.1. The van der Waals surface area contributed by atoms with Crippen LogP contribution in [0.5, 0.6) is 0 Å². The minimum absolute atomic E-state index is 0.0124. The fraction of sp³-hybridized carbons (Fsp3) is 0.333. The van der Waals surface area contributed by atoms with Gasteiger partial charge >= 0.3 is 0 Å². The maximum atomic E-state index is 10.1. The van der Waals surface area contributed by atoms with Crippen LogP contribution in [0.25, 0.3) is 20.2 Å². The van der Waals surface area contributed by atoms with Crippen LogP contribution in [0.2, 0.25) is 0 Å². The van der Waals surface area contributed by atoms with E-state index in [9.17, 15) is 21.9 Å². The average Bonchev–Trinajstić information content (AvgIpc) is 3.84. The highest BCUT2D eigenvalue weighted by Gasteiger charge is 2.47. The van der Waals surface area contributed by atoms with Crippen molar-refractivity contribution in [2.75, 3.05) is 9.80 Å². The molecule has 4 heterocycles. The first-order valence-electron chi connectivity index (χ1n) is 27.0. The van der Waals surface area contributed by atoms with Crippen LogP contribution in [0.4, 0.5) is 34.1 Å². The maximum Gasteiger partial charge on any atom is 0.277 e. The quantitative estimate of drug-likeness (QED) is 0.161. The van der Waals surface area contributed by atoms with Gasteiger partial charge in [0, 0.05) is 52.5 Å². The number of hydrogen-bond donors (Lipinski definition) is 0. The number of hydrogen-bond acceptors (Lipinski definition) is 4. The minimum atomic E-state index is -1.08. The monoisotopic (exact) mass is 786 g/mol. The third-order valence-electron chi connectivity index (χ3n) is 10.4. The number of fused-ring (bicyclic) bond motifs is 8. The molecular weight excluding hydrogens is 716 g/mol. The van der Waals surface area contributed by atoms with E-state index in [4.69, 9.17) is 0 Å². The molecule has 0 saturated carbocycles. The zero-order chi connectivity index (χ0) is 53.8. The van der Waals surface area contributed by atoms with Gasteiger partial charge in [0.1, 0.15) is 0 Å². The molecule has 0 aliphatic carbocycles. The number of benzene rings is 5. The van der Waals surface area contributed by atoms with Gasteiger partial charge in [-0.2, -0.15) is 0 Å². The fourth-order valence-corrected chi connectivity index (χ4v) is 9.83. The molecule has 0 saturated heterocycles. The lowest BCUT2D eigenvalue weighted by Crippen LogP contribution is -2.59. The first-order chi connectivity index (χ1) is 32.9. The molecule has 0 bridgehead atoms. The predicted molar refractivity (Wildman–Crippen MR) is 251 cm³/mol. The summed E-state index contributed by atoms with van der Waals surface area (Å²) in [6.45, 7) is 22.1. The van der Waals surface area contributed by atoms with Crippen molar-refractivity contribution in [2.45, 2.75) is 112 Å². The summed E-state index contributed by atoms with van der Waals surface area (Å²) in [4.78, 5) is 2.89. The van der Waals surface area contributed by atoms with Gasteiger partial charge in [0.05, 0.1) is 33.3 Å². The van der Waals surface area contributed by atoms with Gasteiger partial charge < -0.3 is 9.80 Å². The molecule has 0 N–H and O–H groups in total. The van der Waals surface area contributed by atoms with E-state index >= 15 is 0 Å². The number of nitrogens with zero attached hydrogens (tertiary/aromatic N) is 2. The average molecular weight is 787 g/mol. The smallest absolute Gasteiger partial charge is 0.277 e. The number of anilines is 6. The Morgan fingerprint density at radius 1 is 0.464 bits per heavy atom. The molecule has 7 aromatic rings. The van der Waals surface area contributed by atoms with Gasteiger partial charge in [0.2, 0.25) is 0 Å². The Bertz CT molecular complexity index is 3340. The van der Waals surface area contributed by atoms with Crippen molar-refractivity contribution >= 4 is 98.7 Å². The predicted octanol–water partition coefficient (Wildman–Crippen LogP) is 13.7. The van der Waals surface area contributed by atoms with E-state index in [1.807, 2.05) is 41.5 Å². The normalized spacial score (nSPS) is 18.4. The SMILES string of the molecule is [2H]c1c([2H])c(C(C)(C)C)c([2H])c([2H])c1N1c2c([2H])c(C)c([2H])c3c2B(c2sc4c([2H])c([2H])c(C(C)(C)C)c([2H])c4c21)c1sc2c([2H])c([2H])c(C(C)(C)C)c([2H])c2c1N3c1c([2H])c([2H])c(C(C)(C)C)c([2H])c1[2H]. The molecule has 5 heteroatoms. The second kappa shape index (κ2) is 12.3. The van der Waals surface area contributed by atoms with Gasteiger partial charge in [0.15, 0.2) is 0 Å². The first kappa shape index (κ1) is 23.2. The van der Waals surface area contributed by atoms with Gasteiger partial charge in [-0.1, -0.05) is 119 Å². The molecule has 56 heavy (non-hydrogen) atoms. The standard InChI is InChI=1S/C51H55BN2S2/c1-30-26-39-43-40(27-30)54(36-22-16-32(17-23-36)49(5,6)7)45-38-29-34(51(11,12)13)19-25-42(38)56-47(45)52(43)46-44(37-28-33(50(8,9)10)18-24-41(37)55-46)53(39)35-20-14-31(15-21-35)48(2,3)4/h14-29H,1-13H3/i14D,15D,16D,17D,18D,19D,20D,21D,22D,23D,24D,25D,26D,27D,28D,29D. The first-order valence-corrected chi connectivity index (χ1v) is 20.7. The van der Waals surface area contributed by atoms with Crippen LogP contribution < -0.4 is 24.8 Å². The van der Waals surface area contributed by atoms with Crippen LogP contribution in [-0.2, 0) is 21.7 Å². The summed E-state index contributed by atoms with van der Waals surface area (Å²) in [5, 5.41) is 0.343. The van der Waals surface area contributed by atoms with Gasteiger partial charge in [-0.15, -0.1) is 22.7 Å². The van der Waals surface area contributed by atoms with Crippen LogP contribution in [0.15, 0.2) is 96.7 Å². The van der Waals surface area contributed by atoms with E-state index < -0.39 is 52.5 Å². The molecule has 0 atom stereocenters. The summed E-state index contributed by atoms with van der Waals surface area (Å²) in [6.07, 6.45) is 0. The molecule has 2 aliphatic heterocycles. The molecule has 0 amide bonds. The summed E-state index contributed by atoms with van der Waals surface area (Å²) < 4.78 is 156. The van der Waals surface area contributed by atoms with E-state index in [0.717, 1.165) is 22.7 Å².